The summed E-state index contributed by atoms with van der Waals surface area (Å²) in [6, 6.07) is 0. The average molecular weight is 297 g/mol. The van der Waals surface area contributed by atoms with Gasteiger partial charge in [0.05, 0.1) is 12.9 Å². The molecule has 0 saturated carbocycles. The van der Waals surface area contributed by atoms with Crippen molar-refractivity contribution in [1.29, 1.82) is 0 Å². The Morgan fingerprint density at radius 2 is 1.95 bits per heavy atom. The summed E-state index contributed by atoms with van der Waals surface area (Å²) in [6.45, 7) is 0.296. The number of aromatic nitrogens is 2. The van der Waals surface area contributed by atoms with Crippen molar-refractivity contribution in [1.82, 2.24) is 14.9 Å². The van der Waals surface area contributed by atoms with Crippen molar-refractivity contribution in [3.8, 4) is 0 Å². The zero-order chi connectivity index (χ0) is 14.0. The normalized spacial score (nSPS) is 17.8. The van der Waals surface area contributed by atoms with E-state index < -0.39 is 18.3 Å². The molecule has 19 heavy (non-hydrogen) atoms. The van der Waals surface area contributed by atoms with E-state index in [4.69, 9.17) is 11.6 Å². The SMILES string of the molecule is O=c1[nH]cnc(N2CCN(CC(F)(F)F)CC2)c1Cl. The highest BCUT2D eigenvalue weighted by Gasteiger charge is 2.32. The van der Waals surface area contributed by atoms with E-state index in [2.05, 4.69) is 9.97 Å². The molecule has 2 heterocycles. The molecular formula is C10H12ClF3N4O. The van der Waals surface area contributed by atoms with Gasteiger partial charge in [0.25, 0.3) is 5.56 Å². The second-order valence-electron chi connectivity index (χ2n) is 4.25. The van der Waals surface area contributed by atoms with Crippen molar-refractivity contribution in [2.45, 2.75) is 6.18 Å². The Balaban J connectivity index is 2.00. The monoisotopic (exact) mass is 296 g/mol. The maximum Gasteiger partial charge on any atom is 0.401 e. The van der Waals surface area contributed by atoms with Crippen molar-refractivity contribution in [2.75, 3.05) is 37.6 Å². The van der Waals surface area contributed by atoms with Crippen LogP contribution in [-0.4, -0.2) is 53.8 Å². The number of hydrogen-bond acceptors (Lipinski definition) is 4. The fraction of sp³-hybridized carbons (Fsp3) is 0.600. The maximum absolute atomic E-state index is 12.2. The summed E-state index contributed by atoms with van der Waals surface area (Å²) < 4.78 is 36.7. The van der Waals surface area contributed by atoms with E-state index in [0.717, 1.165) is 0 Å². The lowest BCUT2D eigenvalue weighted by atomic mass is 10.3. The Morgan fingerprint density at radius 1 is 1.32 bits per heavy atom. The predicted molar refractivity (Wildman–Crippen MR) is 64.6 cm³/mol. The van der Waals surface area contributed by atoms with Gasteiger partial charge in [0.15, 0.2) is 5.82 Å². The fourth-order valence-corrected chi connectivity index (χ4v) is 2.19. The lowest BCUT2D eigenvalue weighted by Crippen LogP contribution is -2.49. The molecule has 0 bridgehead atoms. The molecule has 106 valence electrons. The summed E-state index contributed by atoms with van der Waals surface area (Å²) in [5, 5.41) is -0.0354. The Hall–Kier alpha value is -1.28. The molecule has 0 radical (unpaired) electrons. The van der Waals surface area contributed by atoms with Gasteiger partial charge >= 0.3 is 6.18 Å². The molecular weight excluding hydrogens is 285 g/mol. The molecule has 1 aromatic rings. The van der Waals surface area contributed by atoms with Gasteiger partial charge in [-0.15, -0.1) is 0 Å². The highest BCUT2D eigenvalue weighted by atomic mass is 35.5. The van der Waals surface area contributed by atoms with Gasteiger partial charge in [0.1, 0.15) is 5.02 Å². The van der Waals surface area contributed by atoms with E-state index in [1.165, 1.54) is 11.2 Å². The molecule has 0 aromatic carbocycles. The van der Waals surface area contributed by atoms with Gasteiger partial charge in [0, 0.05) is 26.2 Å². The smallest absolute Gasteiger partial charge is 0.353 e. The van der Waals surface area contributed by atoms with Crippen LogP contribution >= 0.6 is 11.6 Å². The molecule has 1 aliphatic rings. The summed E-state index contributed by atoms with van der Waals surface area (Å²) in [6.07, 6.45) is -2.96. The molecule has 0 atom stereocenters. The van der Waals surface area contributed by atoms with Crippen LogP contribution in [0.3, 0.4) is 0 Å². The molecule has 0 unspecified atom stereocenters. The number of alkyl halides is 3. The van der Waals surface area contributed by atoms with Crippen LogP contribution in [0.25, 0.3) is 0 Å². The van der Waals surface area contributed by atoms with Gasteiger partial charge in [-0.3, -0.25) is 9.69 Å². The largest absolute Gasteiger partial charge is 0.401 e. The van der Waals surface area contributed by atoms with E-state index in [1.807, 2.05) is 0 Å². The van der Waals surface area contributed by atoms with Crippen LogP contribution in [-0.2, 0) is 0 Å². The first-order chi connectivity index (χ1) is 8.87. The molecule has 5 nitrogen and oxygen atoms in total. The Kier molecular flexibility index (Phi) is 4.00. The quantitative estimate of drug-likeness (QED) is 0.888. The number of H-pyrrole nitrogens is 1. The standard InChI is InChI=1S/C10H12ClF3N4O/c11-7-8(15-6-16-9(7)19)18-3-1-17(2-4-18)5-10(12,13)14/h6H,1-5H2,(H,15,16,19). The molecule has 1 aliphatic heterocycles. The lowest BCUT2D eigenvalue weighted by Gasteiger charge is -2.35. The zero-order valence-electron chi connectivity index (χ0n) is 9.87. The van der Waals surface area contributed by atoms with Crippen LogP contribution in [0.15, 0.2) is 11.1 Å². The van der Waals surface area contributed by atoms with E-state index in [0.29, 0.717) is 18.9 Å². The van der Waals surface area contributed by atoms with E-state index in [-0.39, 0.29) is 18.1 Å². The van der Waals surface area contributed by atoms with Crippen molar-refractivity contribution in [2.24, 2.45) is 0 Å². The van der Waals surface area contributed by atoms with Crippen LogP contribution in [0.4, 0.5) is 19.0 Å². The third-order valence-corrected chi connectivity index (χ3v) is 3.19. The van der Waals surface area contributed by atoms with Crippen molar-refractivity contribution < 1.29 is 13.2 Å². The van der Waals surface area contributed by atoms with Crippen LogP contribution in [0.2, 0.25) is 5.02 Å². The molecule has 1 N–H and O–H groups in total. The van der Waals surface area contributed by atoms with Gasteiger partial charge in [-0.25, -0.2) is 4.98 Å². The molecule has 1 aromatic heterocycles. The zero-order valence-corrected chi connectivity index (χ0v) is 10.6. The van der Waals surface area contributed by atoms with E-state index >= 15 is 0 Å². The highest BCUT2D eigenvalue weighted by Crippen LogP contribution is 2.22. The Labute approximate surface area is 112 Å². The van der Waals surface area contributed by atoms with Crippen LogP contribution in [0.5, 0.6) is 0 Å². The number of halogens is 4. The van der Waals surface area contributed by atoms with Gasteiger partial charge in [-0.2, -0.15) is 13.2 Å². The average Bonchev–Trinajstić information content (AvgIpc) is 2.32. The maximum atomic E-state index is 12.2. The Morgan fingerprint density at radius 3 is 2.53 bits per heavy atom. The Bertz CT molecular complexity index is 496. The van der Waals surface area contributed by atoms with E-state index in [9.17, 15) is 18.0 Å². The molecule has 1 fully saturated rings. The molecule has 0 amide bonds. The summed E-state index contributed by atoms with van der Waals surface area (Å²) in [4.78, 5) is 20.6. The molecule has 0 spiro atoms. The molecule has 9 heteroatoms. The first kappa shape index (κ1) is 14.1. The minimum Gasteiger partial charge on any atom is -0.353 e. The molecule has 2 rings (SSSR count). The van der Waals surface area contributed by atoms with Crippen molar-refractivity contribution >= 4 is 17.4 Å². The highest BCUT2D eigenvalue weighted by molar-refractivity contribution is 6.32. The third kappa shape index (κ3) is 3.60. The van der Waals surface area contributed by atoms with Gasteiger partial charge in [-0.05, 0) is 0 Å². The van der Waals surface area contributed by atoms with Gasteiger partial charge in [-0.1, -0.05) is 11.6 Å². The van der Waals surface area contributed by atoms with Crippen LogP contribution in [0.1, 0.15) is 0 Å². The summed E-state index contributed by atoms with van der Waals surface area (Å²) in [5.41, 5.74) is -0.454. The minimum atomic E-state index is -4.19. The third-order valence-electron chi connectivity index (χ3n) is 2.85. The topological polar surface area (TPSA) is 52.2 Å². The summed E-state index contributed by atoms with van der Waals surface area (Å²) in [7, 11) is 0. The van der Waals surface area contributed by atoms with E-state index in [1.54, 1.807) is 4.90 Å². The van der Waals surface area contributed by atoms with Crippen molar-refractivity contribution in [3.63, 3.8) is 0 Å². The van der Waals surface area contributed by atoms with Crippen LogP contribution < -0.4 is 10.5 Å². The second-order valence-corrected chi connectivity index (χ2v) is 4.63. The minimum absolute atomic E-state index is 0.0354. The number of piperazine rings is 1. The molecule has 1 saturated heterocycles. The first-order valence-corrected chi connectivity index (χ1v) is 6.02. The number of hydrogen-bond donors (Lipinski definition) is 1. The summed E-state index contributed by atoms with van der Waals surface area (Å²) >= 11 is 5.83. The van der Waals surface area contributed by atoms with Crippen LogP contribution in [0, 0.1) is 0 Å². The number of nitrogens with zero attached hydrogens (tertiary/aromatic N) is 3. The number of anilines is 1. The predicted octanol–water partition coefficient (Wildman–Crippen LogP) is 1.11. The van der Waals surface area contributed by atoms with Crippen molar-refractivity contribution in [3.05, 3.63) is 21.7 Å². The number of nitrogens with one attached hydrogen (secondary N) is 1. The number of rotatable bonds is 2. The van der Waals surface area contributed by atoms with Gasteiger partial charge < -0.3 is 9.88 Å². The molecule has 0 aliphatic carbocycles. The van der Waals surface area contributed by atoms with Gasteiger partial charge in [0.2, 0.25) is 0 Å². The first-order valence-electron chi connectivity index (χ1n) is 5.64. The lowest BCUT2D eigenvalue weighted by molar-refractivity contribution is -0.146. The second kappa shape index (κ2) is 5.38. The summed E-state index contributed by atoms with van der Waals surface area (Å²) in [5.74, 6) is 0.317. The fourth-order valence-electron chi connectivity index (χ4n) is 1.97. The number of aromatic amines is 1.